The Morgan fingerprint density at radius 3 is 2.46 bits per heavy atom. The van der Waals surface area contributed by atoms with Crippen LogP contribution in [0.5, 0.6) is 0 Å². The first kappa shape index (κ1) is 19.9. The van der Waals surface area contributed by atoms with Crippen molar-refractivity contribution in [3.8, 4) is 5.82 Å². The van der Waals surface area contributed by atoms with Gasteiger partial charge in [0, 0.05) is 11.1 Å². The molecule has 0 aromatic carbocycles. The molecule has 0 saturated heterocycles. The van der Waals surface area contributed by atoms with Crippen LogP contribution in [0, 0.1) is 12.8 Å². The van der Waals surface area contributed by atoms with Crippen LogP contribution < -0.4 is 0 Å². The number of hydrogen-bond donors (Lipinski definition) is 0. The fourth-order valence-electron chi connectivity index (χ4n) is 2.37. The van der Waals surface area contributed by atoms with Crippen LogP contribution in [0.25, 0.3) is 10.7 Å². The largest absolute Gasteiger partial charge is 2.00 e. The molecule has 3 heterocycles. The molecule has 8 heteroatoms. The second-order valence-electron chi connectivity index (χ2n) is 5.86. The molecule has 3 aromatic rings. The third kappa shape index (κ3) is 3.87. The molecule has 0 fully saturated rings. The van der Waals surface area contributed by atoms with E-state index in [0.717, 1.165) is 5.69 Å². The molecular weight excluding hydrogens is 529 g/mol. The zero-order chi connectivity index (χ0) is 18.0. The zero-order valence-electron chi connectivity index (χ0n) is 13.9. The molecule has 0 aliphatic rings. The Bertz CT molecular complexity index is 993. The van der Waals surface area contributed by atoms with E-state index in [1.54, 1.807) is 18.2 Å². The minimum atomic E-state index is -0.549. The topological polar surface area (TPSA) is 65.0 Å². The van der Waals surface area contributed by atoms with Crippen molar-refractivity contribution in [3.63, 3.8) is 0 Å². The van der Waals surface area contributed by atoms with E-state index in [9.17, 15) is 4.79 Å². The van der Waals surface area contributed by atoms with Gasteiger partial charge in [-0.2, -0.15) is 0 Å². The minimum absolute atomic E-state index is 0. The van der Waals surface area contributed by atoms with E-state index in [1.807, 2.05) is 32.0 Å². The van der Waals surface area contributed by atoms with Gasteiger partial charge in [-0.3, -0.25) is 9.97 Å². The maximum Gasteiger partial charge on any atom is 2.00 e. The fraction of sp³-hybridized carbons (Fsp3) is 0.167. The van der Waals surface area contributed by atoms with E-state index in [2.05, 4.69) is 38.7 Å². The SMILES string of the molecule is [C-]#[N+]c1c[c-]n(-c2cccc(C(C)(C)c3cccc(C(=O)[S-])n3)n2)n1.[Pt+2]. The Morgan fingerprint density at radius 2 is 1.85 bits per heavy atom. The average Bonchev–Trinajstić information content (AvgIpc) is 3.11. The standard InChI is InChI=1S/C18H14N5OS.Pt/c1-18(2,13-7-4-6-12(20-13)17(24)25)14-8-5-9-16(21-14)23-11-10-15(19-3)22-23;/h4-10H,1-2H3,(H,24,25);/q-1;+2/p-1. The molecule has 0 radical (unpaired) electrons. The molecule has 3 rings (SSSR count). The molecular formula is C18H13N5OPtS. The summed E-state index contributed by atoms with van der Waals surface area (Å²) in [6.07, 6.45) is 2.87. The average molecular weight is 542 g/mol. The fourth-order valence-corrected chi connectivity index (χ4v) is 2.48. The first-order chi connectivity index (χ1) is 11.9. The van der Waals surface area contributed by atoms with Gasteiger partial charge in [0.05, 0.1) is 22.3 Å². The number of aromatic nitrogens is 4. The van der Waals surface area contributed by atoms with Gasteiger partial charge in [0.15, 0.2) is 0 Å². The van der Waals surface area contributed by atoms with E-state index < -0.39 is 10.5 Å². The maximum absolute atomic E-state index is 11.4. The molecule has 26 heavy (non-hydrogen) atoms. The molecule has 6 nitrogen and oxygen atoms in total. The minimum Gasteiger partial charge on any atom is -0.735 e. The predicted molar refractivity (Wildman–Crippen MR) is 94.5 cm³/mol. The molecule has 0 bridgehead atoms. The van der Waals surface area contributed by atoms with Crippen molar-refractivity contribution in [2.24, 2.45) is 0 Å². The van der Waals surface area contributed by atoms with Crippen molar-refractivity contribution >= 4 is 23.6 Å². The van der Waals surface area contributed by atoms with E-state index in [4.69, 9.17) is 6.57 Å². The number of rotatable bonds is 4. The quantitative estimate of drug-likeness (QED) is 0.375. The van der Waals surface area contributed by atoms with E-state index in [1.165, 1.54) is 10.7 Å². The van der Waals surface area contributed by atoms with Crippen molar-refractivity contribution in [1.82, 2.24) is 19.7 Å². The maximum atomic E-state index is 11.4. The van der Waals surface area contributed by atoms with Crippen molar-refractivity contribution < 1.29 is 25.9 Å². The molecule has 0 spiro atoms. The second kappa shape index (κ2) is 7.86. The molecule has 3 aromatic heterocycles. The van der Waals surface area contributed by atoms with Crippen LogP contribution in [0.3, 0.4) is 0 Å². The molecule has 0 N–H and O–H groups in total. The van der Waals surface area contributed by atoms with Crippen molar-refractivity contribution in [1.29, 1.82) is 0 Å². The summed E-state index contributed by atoms with van der Waals surface area (Å²) < 4.78 is 1.43. The number of carbonyl (C=O) groups is 1. The van der Waals surface area contributed by atoms with Gasteiger partial charge in [0.1, 0.15) is 0 Å². The molecule has 0 aliphatic heterocycles. The zero-order valence-corrected chi connectivity index (χ0v) is 17.0. The van der Waals surface area contributed by atoms with E-state index in [0.29, 0.717) is 11.5 Å². The summed E-state index contributed by atoms with van der Waals surface area (Å²) in [4.78, 5) is 23.7. The third-order valence-corrected chi connectivity index (χ3v) is 4.03. The Labute approximate surface area is 171 Å². The van der Waals surface area contributed by atoms with Crippen LogP contribution in [0.15, 0.2) is 42.5 Å². The molecule has 0 atom stereocenters. The monoisotopic (exact) mass is 542 g/mol. The molecule has 0 amide bonds. The van der Waals surface area contributed by atoms with Gasteiger partial charge in [-0.1, -0.05) is 24.8 Å². The van der Waals surface area contributed by atoms with Gasteiger partial charge in [0.25, 0.3) is 0 Å². The number of carbonyl (C=O) groups excluding carboxylic acids is 1. The molecule has 0 unspecified atom stereocenters. The van der Waals surface area contributed by atoms with Gasteiger partial charge in [-0.05, 0) is 49.4 Å². The summed E-state index contributed by atoms with van der Waals surface area (Å²) in [5.41, 5.74) is 1.14. The Morgan fingerprint density at radius 1 is 1.19 bits per heavy atom. The molecule has 132 valence electrons. The molecule has 0 aliphatic carbocycles. The summed E-state index contributed by atoms with van der Waals surface area (Å²) in [6, 6.07) is 12.2. The van der Waals surface area contributed by atoms with Gasteiger partial charge in [-0.15, -0.1) is 0 Å². The number of pyridine rings is 2. The summed E-state index contributed by atoms with van der Waals surface area (Å²) in [6.45, 7) is 10.9. The van der Waals surface area contributed by atoms with Crippen LogP contribution in [-0.2, 0) is 39.1 Å². The first-order valence-corrected chi connectivity index (χ1v) is 7.84. The summed E-state index contributed by atoms with van der Waals surface area (Å²) >= 11 is 4.69. The van der Waals surface area contributed by atoms with Crippen LogP contribution in [0.2, 0.25) is 0 Å². The van der Waals surface area contributed by atoms with E-state index in [-0.39, 0.29) is 32.6 Å². The van der Waals surface area contributed by atoms with Crippen molar-refractivity contribution in [2.75, 3.05) is 0 Å². The van der Waals surface area contributed by atoms with Gasteiger partial charge >= 0.3 is 26.9 Å². The van der Waals surface area contributed by atoms with Crippen LogP contribution in [0.4, 0.5) is 5.82 Å². The smallest absolute Gasteiger partial charge is 0.735 e. The Kier molecular flexibility index (Phi) is 6.01. The van der Waals surface area contributed by atoms with Crippen LogP contribution >= 0.6 is 0 Å². The normalized spacial score (nSPS) is 10.7. The van der Waals surface area contributed by atoms with Crippen LogP contribution in [0.1, 0.15) is 35.7 Å². The first-order valence-electron chi connectivity index (χ1n) is 7.44. The van der Waals surface area contributed by atoms with Gasteiger partial charge in [0.2, 0.25) is 0 Å². The second-order valence-corrected chi connectivity index (χ2v) is 6.23. The third-order valence-electron chi connectivity index (χ3n) is 3.82. The van der Waals surface area contributed by atoms with Gasteiger partial charge < -0.3 is 22.3 Å². The summed E-state index contributed by atoms with van der Waals surface area (Å²) in [7, 11) is 0. The Balaban J connectivity index is 0.00000243. The van der Waals surface area contributed by atoms with Crippen molar-refractivity contribution in [2.45, 2.75) is 19.3 Å². The van der Waals surface area contributed by atoms with E-state index >= 15 is 0 Å². The Hall–Kier alpha value is -2.42. The number of nitrogens with zero attached hydrogens (tertiary/aromatic N) is 5. The number of hydrogen-bond acceptors (Lipinski definition) is 5. The van der Waals surface area contributed by atoms with Crippen LogP contribution in [-0.4, -0.2) is 24.9 Å². The van der Waals surface area contributed by atoms with Gasteiger partial charge in [-0.25, -0.2) is 4.68 Å². The molecule has 0 saturated carbocycles. The van der Waals surface area contributed by atoms with Crippen molar-refractivity contribution in [3.05, 3.63) is 77.2 Å². The summed E-state index contributed by atoms with van der Waals surface area (Å²) in [5, 5.41) is 3.61. The summed E-state index contributed by atoms with van der Waals surface area (Å²) in [5.74, 6) is 0.806. The predicted octanol–water partition coefficient (Wildman–Crippen LogP) is 3.02.